The van der Waals surface area contributed by atoms with Crippen molar-refractivity contribution in [3.05, 3.63) is 22.6 Å². The van der Waals surface area contributed by atoms with E-state index in [2.05, 4.69) is 29.4 Å². The van der Waals surface area contributed by atoms with E-state index < -0.39 is 0 Å². The van der Waals surface area contributed by atoms with Crippen LogP contribution >= 0.6 is 0 Å². The molecular weight excluding hydrogens is 178 g/mol. The van der Waals surface area contributed by atoms with Gasteiger partial charge in [-0.25, -0.2) is 5.10 Å². The highest BCUT2D eigenvalue weighted by molar-refractivity contribution is 5.39. The van der Waals surface area contributed by atoms with E-state index >= 15 is 0 Å². The Balaban J connectivity index is 2.47. The Kier molecular flexibility index (Phi) is 4.16. The molecule has 0 fully saturated rings. The predicted molar refractivity (Wildman–Crippen MR) is 57.5 cm³/mol. The third-order valence-electron chi connectivity index (χ3n) is 2.07. The van der Waals surface area contributed by atoms with Gasteiger partial charge in [-0.05, 0) is 13.3 Å². The van der Waals surface area contributed by atoms with Crippen LogP contribution < -0.4 is 10.9 Å². The first-order valence-electron chi connectivity index (χ1n) is 5.03. The molecule has 0 aliphatic heterocycles. The normalized spacial score (nSPS) is 12.4. The van der Waals surface area contributed by atoms with Gasteiger partial charge in [-0.15, -0.1) is 0 Å². The number of aromatic nitrogens is 2. The number of H-pyrrole nitrogens is 1. The lowest BCUT2D eigenvalue weighted by molar-refractivity contribution is 0.644. The molecule has 0 amide bonds. The van der Waals surface area contributed by atoms with E-state index in [0.717, 1.165) is 12.1 Å². The van der Waals surface area contributed by atoms with Crippen LogP contribution in [0.3, 0.4) is 0 Å². The van der Waals surface area contributed by atoms with E-state index in [4.69, 9.17) is 0 Å². The maximum Gasteiger partial charge on any atom is 0.266 e. The third kappa shape index (κ3) is 3.60. The number of anilines is 1. The largest absolute Gasteiger partial charge is 0.381 e. The monoisotopic (exact) mass is 195 g/mol. The molecule has 4 heteroatoms. The molecule has 0 spiro atoms. The Hall–Kier alpha value is -1.32. The van der Waals surface area contributed by atoms with Crippen molar-refractivity contribution in [2.75, 3.05) is 5.32 Å². The van der Waals surface area contributed by atoms with E-state index in [1.54, 1.807) is 6.20 Å². The molecule has 0 saturated carbocycles. The van der Waals surface area contributed by atoms with Crippen molar-refractivity contribution in [1.82, 2.24) is 10.2 Å². The molecule has 4 nitrogen and oxygen atoms in total. The summed E-state index contributed by atoms with van der Waals surface area (Å²) >= 11 is 0. The minimum Gasteiger partial charge on any atom is -0.381 e. The zero-order chi connectivity index (χ0) is 10.4. The quantitative estimate of drug-likeness (QED) is 0.752. The fourth-order valence-corrected chi connectivity index (χ4v) is 1.32. The number of aromatic amines is 1. The van der Waals surface area contributed by atoms with Gasteiger partial charge in [-0.3, -0.25) is 4.79 Å². The highest BCUT2D eigenvalue weighted by atomic mass is 16.1. The topological polar surface area (TPSA) is 57.8 Å². The second kappa shape index (κ2) is 5.42. The zero-order valence-corrected chi connectivity index (χ0v) is 8.71. The average Bonchev–Trinajstić information content (AvgIpc) is 2.15. The van der Waals surface area contributed by atoms with Crippen LogP contribution in [0.25, 0.3) is 0 Å². The van der Waals surface area contributed by atoms with Gasteiger partial charge >= 0.3 is 0 Å². The molecule has 1 heterocycles. The number of nitrogens with zero attached hydrogens (tertiary/aromatic N) is 1. The van der Waals surface area contributed by atoms with Crippen LogP contribution in [0.1, 0.15) is 33.1 Å². The third-order valence-corrected chi connectivity index (χ3v) is 2.07. The van der Waals surface area contributed by atoms with Crippen LogP contribution in [0.4, 0.5) is 5.69 Å². The lowest BCUT2D eigenvalue weighted by Gasteiger charge is -2.13. The van der Waals surface area contributed by atoms with Gasteiger partial charge in [0.25, 0.3) is 5.56 Å². The van der Waals surface area contributed by atoms with Crippen molar-refractivity contribution >= 4 is 5.69 Å². The number of unbranched alkanes of at least 4 members (excludes halogenated alkanes) is 1. The van der Waals surface area contributed by atoms with Crippen molar-refractivity contribution in [2.24, 2.45) is 0 Å². The minimum absolute atomic E-state index is 0.169. The summed E-state index contributed by atoms with van der Waals surface area (Å²) in [4.78, 5) is 10.9. The van der Waals surface area contributed by atoms with Gasteiger partial charge in [0, 0.05) is 12.1 Å². The molecule has 0 bridgehead atoms. The van der Waals surface area contributed by atoms with Gasteiger partial charge in [0.1, 0.15) is 0 Å². The molecule has 0 saturated heterocycles. The molecule has 1 rings (SSSR count). The zero-order valence-electron chi connectivity index (χ0n) is 8.71. The van der Waals surface area contributed by atoms with Crippen LogP contribution in [0.15, 0.2) is 17.1 Å². The Morgan fingerprint density at radius 3 is 3.07 bits per heavy atom. The Morgan fingerprint density at radius 2 is 2.43 bits per heavy atom. The molecule has 1 aromatic heterocycles. The van der Waals surface area contributed by atoms with Crippen molar-refractivity contribution < 1.29 is 0 Å². The summed E-state index contributed by atoms with van der Waals surface area (Å²) in [5.41, 5.74) is 0.620. The number of hydrogen-bond acceptors (Lipinski definition) is 3. The fraction of sp³-hybridized carbons (Fsp3) is 0.600. The highest BCUT2D eigenvalue weighted by Gasteiger charge is 2.01. The maximum atomic E-state index is 10.9. The van der Waals surface area contributed by atoms with Crippen molar-refractivity contribution in [2.45, 2.75) is 39.2 Å². The molecule has 1 aromatic rings. The summed E-state index contributed by atoms with van der Waals surface area (Å²) in [5, 5.41) is 9.30. The molecular formula is C10H17N3O. The Morgan fingerprint density at radius 1 is 1.64 bits per heavy atom. The summed E-state index contributed by atoms with van der Waals surface area (Å²) in [6.45, 7) is 4.28. The Bertz CT molecular complexity index is 321. The van der Waals surface area contributed by atoms with Crippen LogP contribution in [-0.2, 0) is 0 Å². The first kappa shape index (κ1) is 10.8. The molecule has 0 aliphatic rings. The lowest BCUT2D eigenvalue weighted by atomic mass is 10.1. The van der Waals surface area contributed by atoms with Crippen molar-refractivity contribution in [1.29, 1.82) is 0 Å². The van der Waals surface area contributed by atoms with Gasteiger partial charge in [0.15, 0.2) is 0 Å². The number of nitrogens with one attached hydrogen (secondary N) is 2. The highest BCUT2D eigenvalue weighted by Crippen LogP contribution is 2.07. The molecule has 2 N–H and O–H groups in total. The predicted octanol–water partition coefficient (Wildman–Crippen LogP) is 1.76. The van der Waals surface area contributed by atoms with Crippen LogP contribution in [0.2, 0.25) is 0 Å². The van der Waals surface area contributed by atoms with E-state index in [1.807, 2.05) is 0 Å². The minimum atomic E-state index is -0.169. The SMILES string of the molecule is CCCCC(C)Nc1cn[nH]c(=O)c1. The van der Waals surface area contributed by atoms with Crippen molar-refractivity contribution in [3.8, 4) is 0 Å². The maximum absolute atomic E-state index is 10.9. The van der Waals surface area contributed by atoms with Crippen LogP contribution in [0, 0.1) is 0 Å². The summed E-state index contributed by atoms with van der Waals surface area (Å²) in [6, 6.07) is 1.91. The van der Waals surface area contributed by atoms with Gasteiger partial charge in [0.2, 0.25) is 0 Å². The molecule has 0 aliphatic carbocycles. The summed E-state index contributed by atoms with van der Waals surface area (Å²) in [6.07, 6.45) is 5.14. The molecule has 78 valence electrons. The molecule has 14 heavy (non-hydrogen) atoms. The van der Waals surface area contributed by atoms with Gasteiger partial charge in [-0.1, -0.05) is 19.8 Å². The van der Waals surface area contributed by atoms with E-state index in [1.165, 1.54) is 18.9 Å². The molecule has 1 atom stereocenters. The van der Waals surface area contributed by atoms with E-state index in [-0.39, 0.29) is 5.56 Å². The molecule has 0 radical (unpaired) electrons. The first-order valence-corrected chi connectivity index (χ1v) is 5.03. The molecule has 1 unspecified atom stereocenters. The van der Waals surface area contributed by atoms with Crippen LogP contribution in [0.5, 0.6) is 0 Å². The standard InChI is InChI=1S/C10H17N3O/c1-3-4-5-8(2)12-9-6-10(14)13-11-7-9/h6-8H,3-5H2,1-2H3,(H2,12,13,14). The van der Waals surface area contributed by atoms with Crippen LogP contribution in [-0.4, -0.2) is 16.2 Å². The first-order chi connectivity index (χ1) is 6.72. The van der Waals surface area contributed by atoms with Gasteiger partial charge < -0.3 is 5.32 Å². The van der Waals surface area contributed by atoms with E-state index in [9.17, 15) is 4.79 Å². The van der Waals surface area contributed by atoms with Crippen molar-refractivity contribution in [3.63, 3.8) is 0 Å². The number of rotatable bonds is 5. The summed E-state index contributed by atoms with van der Waals surface area (Å²) in [5.74, 6) is 0. The summed E-state index contributed by atoms with van der Waals surface area (Å²) < 4.78 is 0. The molecule has 0 aromatic carbocycles. The van der Waals surface area contributed by atoms with E-state index in [0.29, 0.717) is 6.04 Å². The number of hydrogen-bond donors (Lipinski definition) is 2. The average molecular weight is 195 g/mol. The second-order valence-corrected chi connectivity index (χ2v) is 3.52. The van der Waals surface area contributed by atoms with Gasteiger partial charge in [0.05, 0.1) is 11.9 Å². The Labute approximate surface area is 83.7 Å². The fourth-order valence-electron chi connectivity index (χ4n) is 1.32. The van der Waals surface area contributed by atoms with Gasteiger partial charge in [-0.2, -0.15) is 5.10 Å². The lowest BCUT2D eigenvalue weighted by Crippen LogP contribution is -2.17. The smallest absolute Gasteiger partial charge is 0.266 e. The summed E-state index contributed by atoms with van der Waals surface area (Å²) in [7, 11) is 0. The second-order valence-electron chi connectivity index (χ2n) is 3.52.